The molecule has 0 aliphatic carbocycles. The molecule has 24 heavy (non-hydrogen) atoms. The fourth-order valence-electron chi connectivity index (χ4n) is 3.44. The van der Waals surface area contributed by atoms with Gasteiger partial charge in [0.1, 0.15) is 11.7 Å². The van der Waals surface area contributed by atoms with Crippen LogP contribution in [0.25, 0.3) is 0 Å². The maximum atomic E-state index is 12.5. The van der Waals surface area contributed by atoms with Gasteiger partial charge >= 0.3 is 0 Å². The molecular formula is C17H27N5O2. The highest BCUT2D eigenvalue weighted by atomic mass is 16.2. The van der Waals surface area contributed by atoms with E-state index in [9.17, 15) is 9.59 Å². The first kappa shape index (κ1) is 17.0. The van der Waals surface area contributed by atoms with Crippen LogP contribution in [-0.4, -0.2) is 90.0 Å². The third kappa shape index (κ3) is 3.47. The van der Waals surface area contributed by atoms with Crippen molar-refractivity contribution in [3.63, 3.8) is 0 Å². The predicted molar refractivity (Wildman–Crippen MR) is 91.9 cm³/mol. The van der Waals surface area contributed by atoms with E-state index in [-0.39, 0.29) is 11.8 Å². The molecule has 2 aliphatic rings. The van der Waals surface area contributed by atoms with Crippen molar-refractivity contribution in [1.29, 1.82) is 0 Å². The van der Waals surface area contributed by atoms with Crippen molar-refractivity contribution in [1.82, 2.24) is 24.6 Å². The van der Waals surface area contributed by atoms with E-state index < -0.39 is 6.04 Å². The second-order valence-corrected chi connectivity index (χ2v) is 6.54. The summed E-state index contributed by atoms with van der Waals surface area (Å²) in [6.45, 7) is 9.61. The minimum absolute atomic E-state index is 0.0719. The van der Waals surface area contributed by atoms with Crippen molar-refractivity contribution in [2.24, 2.45) is 0 Å². The average molecular weight is 333 g/mol. The number of carbonyl (C=O) groups excluding carboxylic acids is 2. The zero-order valence-electron chi connectivity index (χ0n) is 14.6. The molecule has 2 aliphatic heterocycles. The Morgan fingerprint density at radius 2 is 1.96 bits per heavy atom. The van der Waals surface area contributed by atoms with Gasteiger partial charge < -0.3 is 19.7 Å². The summed E-state index contributed by atoms with van der Waals surface area (Å²) < 4.78 is 1.86. The summed E-state index contributed by atoms with van der Waals surface area (Å²) in [6, 6.07) is 3.20. The van der Waals surface area contributed by atoms with Gasteiger partial charge in [0.25, 0.3) is 5.91 Å². The van der Waals surface area contributed by atoms with Crippen molar-refractivity contribution in [3.05, 3.63) is 24.0 Å². The molecule has 0 saturated carbocycles. The maximum Gasteiger partial charge on any atom is 0.270 e. The van der Waals surface area contributed by atoms with Crippen LogP contribution < -0.4 is 5.32 Å². The molecule has 1 aromatic rings. The summed E-state index contributed by atoms with van der Waals surface area (Å²) in [5.41, 5.74) is 0.648. The Balaban J connectivity index is 1.47. The lowest BCUT2D eigenvalue weighted by Crippen LogP contribution is -2.54. The van der Waals surface area contributed by atoms with Crippen LogP contribution in [0.4, 0.5) is 0 Å². The van der Waals surface area contributed by atoms with E-state index in [1.807, 2.05) is 16.8 Å². The molecule has 1 unspecified atom stereocenters. The first-order valence-corrected chi connectivity index (χ1v) is 8.75. The normalized spacial score (nSPS) is 22.5. The molecule has 1 atom stereocenters. The van der Waals surface area contributed by atoms with E-state index in [0.717, 1.165) is 39.3 Å². The molecule has 0 aromatic carbocycles. The molecule has 7 heteroatoms. The number of fused-ring (bicyclic) bond motifs is 1. The van der Waals surface area contributed by atoms with Crippen LogP contribution in [0.15, 0.2) is 18.3 Å². The number of rotatable bonds is 5. The number of piperazine rings is 1. The Morgan fingerprint density at radius 3 is 2.67 bits per heavy atom. The molecule has 1 fully saturated rings. The molecule has 3 heterocycles. The van der Waals surface area contributed by atoms with Crippen molar-refractivity contribution in [2.75, 3.05) is 52.9 Å². The zero-order chi connectivity index (χ0) is 17.1. The lowest BCUT2D eigenvalue weighted by Gasteiger charge is -2.35. The SMILES string of the molecule is CCN1CCN(CCNC(=O)C2Cn3cccc3C(=O)N2C)CC1. The molecule has 3 rings (SSSR count). The van der Waals surface area contributed by atoms with Gasteiger partial charge in [-0.05, 0) is 18.7 Å². The van der Waals surface area contributed by atoms with Gasteiger partial charge in [-0.15, -0.1) is 0 Å². The molecule has 1 aromatic heterocycles. The van der Waals surface area contributed by atoms with Crippen molar-refractivity contribution < 1.29 is 9.59 Å². The van der Waals surface area contributed by atoms with E-state index in [2.05, 4.69) is 22.0 Å². The molecular weight excluding hydrogens is 306 g/mol. The maximum absolute atomic E-state index is 12.5. The van der Waals surface area contributed by atoms with E-state index in [1.54, 1.807) is 18.0 Å². The van der Waals surface area contributed by atoms with Gasteiger partial charge in [0.15, 0.2) is 0 Å². The van der Waals surface area contributed by atoms with Crippen LogP contribution in [0, 0.1) is 0 Å². The summed E-state index contributed by atoms with van der Waals surface area (Å²) in [7, 11) is 1.70. The quantitative estimate of drug-likeness (QED) is 0.803. The lowest BCUT2D eigenvalue weighted by molar-refractivity contribution is -0.126. The fraction of sp³-hybridized carbons (Fsp3) is 0.647. The number of hydrogen-bond acceptors (Lipinski definition) is 4. The smallest absolute Gasteiger partial charge is 0.270 e. The fourth-order valence-corrected chi connectivity index (χ4v) is 3.44. The molecule has 0 bridgehead atoms. The minimum atomic E-state index is -0.436. The Kier molecular flexibility index (Phi) is 5.20. The van der Waals surface area contributed by atoms with Crippen LogP contribution in [0.5, 0.6) is 0 Å². The average Bonchev–Trinajstić information content (AvgIpc) is 3.07. The predicted octanol–water partition coefficient (Wildman–Crippen LogP) is -0.304. The van der Waals surface area contributed by atoms with Gasteiger partial charge in [0, 0.05) is 52.5 Å². The third-order valence-corrected chi connectivity index (χ3v) is 5.15. The summed E-state index contributed by atoms with van der Waals surface area (Å²) in [5.74, 6) is -0.167. The first-order valence-electron chi connectivity index (χ1n) is 8.75. The second kappa shape index (κ2) is 7.36. The van der Waals surface area contributed by atoms with Crippen LogP contribution in [-0.2, 0) is 11.3 Å². The van der Waals surface area contributed by atoms with Gasteiger partial charge in [-0.25, -0.2) is 0 Å². The summed E-state index contributed by atoms with van der Waals surface area (Å²) >= 11 is 0. The lowest BCUT2D eigenvalue weighted by atomic mass is 10.1. The Bertz CT molecular complexity index is 592. The summed E-state index contributed by atoms with van der Waals surface area (Å²) in [6.07, 6.45) is 1.85. The first-order chi connectivity index (χ1) is 11.6. The zero-order valence-corrected chi connectivity index (χ0v) is 14.6. The molecule has 132 valence electrons. The number of likely N-dealkylation sites (N-methyl/N-ethyl adjacent to an activating group) is 2. The van der Waals surface area contributed by atoms with Crippen LogP contribution in [0.3, 0.4) is 0 Å². The van der Waals surface area contributed by atoms with E-state index in [0.29, 0.717) is 18.8 Å². The number of nitrogens with one attached hydrogen (secondary N) is 1. The second-order valence-electron chi connectivity index (χ2n) is 6.54. The molecule has 1 N–H and O–H groups in total. The highest BCUT2D eigenvalue weighted by Gasteiger charge is 2.33. The molecule has 0 spiro atoms. The molecule has 1 saturated heterocycles. The van der Waals surface area contributed by atoms with Gasteiger partial charge in [-0.2, -0.15) is 0 Å². The van der Waals surface area contributed by atoms with E-state index in [4.69, 9.17) is 0 Å². The molecule has 7 nitrogen and oxygen atoms in total. The Labute approximate surface area is 143 Å². The highest BCUT2D eigenvalue weighted by Crippen LogP contribution is 2.16. The van der Waals surface area contributed by atoms with E-state index >= 15 is 0 Å². The highest BCUT2D eigenvalue weighted by molar-refractivity contribution is 5.97. The number of nitrogens with zero attached hydrogens (tertiary/aromatic N) is 4. The van der Waals surface area contributed by atoms with Crippen molar-refractivity contribution in [3.8, 4) is 0 Å². The Morgan fingerprint density at radius 1 is 1.25 bits per heavy atom. The van der Waals surface area contributed by atoms with Gasteiger partial charge in [0.2, 0.25) is 5.91 Å². The van der Waals surface area contributed by atoms with Gasteiger partial charge in [0.05, 0.1) is 6.54 Å². The van der Waals surface area contributed by atoms with Crippen LogP contribution in [0.2, 0.25) is 0 Å². The van der Waals surface area contributed by atoms with Gasteiger partial charge in [-0.1, -0.05) is 6.92 Å². The Hall–Kier alpha value is -1.86. The summed E-state index contributed by atoms with van der Waals surface area (Å²) in [5, 5.41) is 3.00. The third-order valence-electron chi connectivity index (χ3n) is 5.15. The largest absolute Gasteiger partial charge is 0.353 e. The number of amides is 2. The van der Waals surface area contributed by atoms with Crippen molar-refractivity contribution in [2.45, 2.75) is 19.5 Å². The minimum Gasteiger partial charge on any atom is -0.353 e. The topological polar surface area (TPSA) is 60.8 Å². The van der Waals surface area contributed by atoms with Gasteiger partial charge in [-0.3, -0.25) is 14.5 Å². The number of carbonyl (C=O) groups is 2. The molecule has 2 amide bonds. The summed E-state index contributed by atoms with van der Waals surface area (Å²) in [4.78, 5) is 31.1. The molecule has 0 radical (unpaired) electrons. The van der Waals surface area contributed by atoms with Crippen molar-refractivity contribution >= 4 is 11.8 Å². The van der Waals surface area contributed by atoms with Crippen LogP contribution in [0.1, 0.15) is 17.4 Å². The van der Waals surface area contributed by atoms with Crippen LogP contribution >= 0.6 is 0 Å². The standard InChI is InChI=1S/C17H27N5O2/c1-3-20-9-11-21(12-10-20)8-6-18-16(23)15-13-22-7-4-5-14(22)17(24)19(15)2/h4-5,7,15H,3,6,8-13H2,1-2H3,(H,18,23). The number of hydrogen-bond donors (Lipinski definition) is 1. The number of aromatic nitrogens is 1. The monoisotopic (exact) mass is 333 g/mol. The van der Waals surface area contributed by atoms with E-state index in [1.165, 1.54) is 0 Å².